The molecule has 0 unspecified atom stereocenters. The fourth-order valence-electron chi connectivity index (χ4n) is 7.27. The van der Waals surface area contributed by atoms with E-state index in [9.17, 15) is 0 Å². The van der Waals surface area contributed by atoms with E-state index in [-0.39, 0.29) is 12.6 Å². The SMILES string of the molecule is Cc1ccc2c(c1)Oc1cc(N3c4ccccc4C(c4ccccc4)c4ccccc43)cc3c1B2c1ccc(C)cc1O3. The zero-order valence-corrected chi connectivity index (χ0v) is 24.0. The molecule has 3 heterocycles. The fraction of sp³-hybridized carbons (Fsp3) is 0.0769. The topological polar surface area (TPSA) is 21.7 Å². The molecule has 0 N–H and O–H groups in total. The quantitative estimate of drug-likeness (QED) is 0.203. The van der Waals surface area contributed by atoms with Crippen LogP contribution >= 0.6 is 0 Å². The number of nitrogens with zero attached hydrogens (tertiary/aromatic N) is 1. The zero-order chi connectivity index (χ0) is 28.7. The number of anilines is 3. The number of fused-ring (bicyclic) bond motifs is 6. The molecule has 6 aromatic carbocycles. The average Bonchev–Trinajstić information content (AvgIpc) is 3.03. The van der Waals surface area contributed by atoms with Crippen LogP contribution in [0.1, 0.15) is 33.7 Å². The molecule has 3 aliphatic rings. The highest BCUT2D eigenvalue weighted by molar-refractivity contribution is 6.98. The summed E-state index contributed by atoms with van der Waals surface area (Å²) in [6.07, 6.45) is 0. The van der Waals surface area contributed by atoms with Crippen LogP contribution in [0.15, 0.2) is 127 Å². The minimum Gasteiger partial charge on any atom is -0.458 e. The van der Waals surface area contributed by atoms with Crippen molar-refractivity contribution in [3.8, 4) is 23.0 Å². The lowest BCUT2D eigenvalue weighted by Crippen LogP contribution is -2.57. The molecule has 0 aromatic heterocycles. The number of hydrogen-bond donors (Lipinski definition) is 0. The van der Waals surface area contributed by atoms with E-state index in [0.29, 0.717) is 0 Å². The van der Waals surface area contributed by atoms with E-state index >= 15 is 0 Å². The third-order valence-corrected chi connectivity index (χ3v) is 9.15. The minimum absolute atomic E-state index is 0.0520. The summed E-state index contributed by atoms with van der Waals surface area (Å²) in [5, 5.41) is 0. The molecule has 204 valence electrons. The van der Waals surface area contributed by atoms with Crippen molar-refractivity contribution in [3.63, 3.8) is 0 Å². The minimum atomic E-state index is 0.0520. The molecule has 3 nitrogen and oxygen atoms in total. The summed E-state index contributed by atoms with van der Waals surface area (Å²) in [7, 11) is 0. The van der Waals surface area contributed by atoms with Gasteiger partial charge in [0.25, 0.3) is 6.71 Å². The van der Waals surface area contributed by atoms with Gasteiger partial charge in [-0.3, -0.25) is 0 Å². The predicted molar refractivity (Wildman–Crippen MR) is 176 cm³/mol. The largest absolute Gasteiger partial charge is 0.458 e. The second-order valence-corrected chi connectivity index (χ2v) is 11.9. The normalized spacial score (nSPS) is 14.0. The van der Waals surface area contributed by atoms with Crippen molar-refractivity contribution < 1.29 is 9.47 Å². The van der Waals surface area contributed by atoms with E-state index in [4.69, 9.17) is 9.47 Å². The number of ether oxygens (including phenoxy) is 2. The molecule has 0 atom stereocenters. The molecule has 0 radical (unpaired) electrons. The summed E-state index contributed by atoms with van der Waals surface area (Å²) < 4.78 is 13.5. The Morgan fingerprint density at radius 2 is 1.05 bits per heavy atom. The van der Waals surface area contributed by atoms with Crippen LogP contribution in [0.4, 0.5) is 17.1 Å². The molecular weight excluding hydrogens is 525 g/mol. The van der Waals surface area contributed by atoms with Gasteiger partial charge in [0.15, 0.2) is 0 Å². The second-order valence-electron chi connectivity index (χ2n) is 11.9. The van der Waals surface area contributed by atoms with Crippen LogP contribution in [0, 0.1) is 13.8 Å². The molecular formula is C39H28BNO2. The van der Waals surface area contributed by atoms with Crippen LogP contribution < -0.4 is 30.8 Å². The average molecular weight is 553 g/mol. The first kappa shape index (κ1) is 24.4. The Balaban J connectivity index is 1.28. The molecule has 0 fully saturated rings. The number of benzene rings is 6. The lowest BCUT2D eigenvalue weighted by atomic mass is 9.35. The molecule has 4 heteroatoms. The van der Waals surface area contributed by atoms with Gasteiger partial charge in [0.1, 0.15) is 23.0 Å². The van der Waals surface area contributed by atoms with Crippen LogP contribution in [0.5, 0.6) is 23.0 Å². The summed E-state index contributed by atoms with van der Waals surface area (Å²) in [5.74, 6) is 3.67. The van der Waals surface area contributed by atoms with Crippen molar-refractivity contribution in [2.45, 2.75) is 19.8 Å². The monoisotopic (exact) mass is 553 g/mol. The van der Waals surface area contributed by atoms with Crippen LogP contribution in [0.25, 0.3) is 0 Å². The third-order valence-electron chi connectivity index (χ3n) is 9.15. The van der Waals surface area contributed by atoms with Gasteiger partial charge in [0.2, 0.25) is 0 Å². The smallest absolute Gasteiger partial charge is 0.260 e. The lowest BCUT2D eigenvalue weighted by Gasteiger charge is -2.39. The standard InChI is InChI=1S/C39H28BNO2/c1-24-16-18-30-34(20-24)42-36-22-27(23-37-39(36)40(30)31-19-17-25(2)21-35(31)43-37)41-32-14-8-6-12-28(32)38(26-10-4-3-5-11-26)29-13-7-9-15-33(29)41/h3-23,38H,1-2H3. The summed E-state index contributed by atoms with van der Waals surface area (Å²) in [6.45, 7) is 4.29. The van der Waals surface area contributed by atoms with Gasteiger partial charge in [0.05, 0.1) is 17.1 Å². The molecule has 3 aliphatic heterocycles. The highest BCUT2D eigenvalue weighted by atomic mass is 16.5. The highest BCUT2D eigenvalue weighted by Crippen LogP contribution is 2.52. The fourth-order valence-corrected chi connectivity index (χ4v) is 7.27. The number of para-hydroxylation sites is 2. The summed E-state index contributed by atoms with van der Waals surface area (Å²) in [4.78, 5) is 2.38. The molecule has 6 aromatic rings. The van der Waals surface area contributed by atoms with E-state index in [0.717, 1.165) is 45.5 Å². The van der Waals surface area contributed by atoms with Gasteiger partial charge in [-0.05, 0) is 76.9 Å². The van der Waals surface area contributed by atoms with E-state index < -0.39 is 0 Å². The van der Waals surface area contributed by atoms with E-state index in [1.54, 1.807) is 0 Å². The van der Waals surface area contributed by atoms with Crippen molar-refractivity contribution in [1.29, 1.82) is 0 Å². The maximum Gasteiger partial charge on any atom is 0.260 e. The van der Waals surface area contributed by atoms with Crippen LogP contribution in [0.2, 0.25) is 0 Å². The number of hydrogen-bond acceptors (Lipinski definition) is 3. The Hall–Kier alpha value is -5.22. The molecule has 0 bridgehead atoms. The van der Waals surface area contributed by atoms with Crippen molar-refractivity contribution in [2.75, 3.05) is 4.90 Å². The van der Waals surface area contributed by atoms with Crippen molar-refractivity contribution >= 4 is 40.2 Å². The van der Waals surface area contributed by atoms with E-state index in [1.807, 2.05) is 0 Å². The maximum absolute atomic E-state index is 6.74. The summed E-state index contributed by atoms with van der Waals surface area (Å²) >= 11 is 0. The van der Waals surface area contributed by atoms with Crippen molar-refractivity contribution in [1.82, 2.24) is 0 Å². The van der Waals surface area contributed by atoms with Gasteiger partial charge in [-0.1, -0.05) is 91.0 Å². The van der Waals surface area contributed by atoms with E-state index in [2.05, 4.69) is 146 Å². The first-order valence-corrected chi connectivity index (χ1v) is 14.9. The number of aryl methyl sites for hydroxylation is 2. The maximum atomic E-state index is 6.74. The summed E-state index contributed by atoms with van der Waals surface area (Å²) in [5.41, 5.74) is 13.0. The van der Waals surface area contributed by atoms with Gasteiger partial charge in [0, 0.05) is 23.5 Å². The van der Waals surface area contributed by atoms with E-state index in [1.165, 1.54) is 38.7 Å². The van der Waals surface area contributed by atoms with Crippen molar-refractivity contribution in [3.05, 3.63) is 155 Å². The highest BCUT2D eigenvalue weighted by Gasteiger charge is 2.41. The van der Waals surface area contributed by atoms with Gasteiger partial charge < -0.3 is 14.4 Å². The predicted octanol–water partition coefficient (Wildman–Crippen LogP) is 7.99. The zero-order valence-electron chi connectivity index (χ0n) is 24.0. The molecule has 0 saturated heterocycles. The van der Waals surface area contributed by atoms with Gasteiger partial charge in [-0.25, -0.2) is 0 Å². The van der Waals surface area contributed by atoms with Crippen LogP contribution in [-0.2, 0) is 0 Å². The Morgan fingerprint density at radius 1 is 0.535 bits per heavy atom. The first-order valence-electron chi connectivity index (χ1n) is 14.9. The number of rotatable bonds is 2. The molecule has 9 rings (SSSR count). The Bertz CT molecular complexity index is 1960. The second kappa shape index (κ2) is 9.14. The van der Waals surface area contributed by atoms with Gasteiger partial charge >= 0.3 is 0 Å². The Morgan fingerprint density at radius 3 is 1.60 bits per heavy atom. The molecule has 43 heavy (non-hydrogen) atoms. The van der Waals surface area contributed by atoms with Crippen molar-refractivity contribution in [2.24, 2.45) is 0 Å². The molecule has 0 amide bonds. The van der Waals surface area contributed by atoms with Gasteiger partial charge in [-0.15, -0.1) is 0 Å². The lowest BCUT2D eigenvalue weighted by molar-refractivity contribution is 0.464. The van der Waals surface area contributed by atoms with Crippen LogP contribution in [0.3, 0.4) is 0 Å². The third kappa shape index (κ3) is 3.63. The summed E-state index contributed by atoms with van der Waals surface area (Å²) in [6, 6.07) is 45.9. The van der Waals surface area contributed by atoms with Gasteiger partial charge in [-0.2, -0.15) is 0 Å². The Labute approximate surface area is 252 Å². The molecule has 0 aliphatic carbocycles. The van der Waals surface area contributed by atoms with Crippen LogP contribution in [-0.4, -0.2) is 6.71 Å². The molecule has 0 spiro atoms. The first-order chi connectivity index (χ1) is 21.1. The molecule has 0 saturated carbocycles. The Kier molecular flexibility index (Phi) is 5.19.